The molecule has 0 fully saturated rings. The number of hydrogen-bond acceptors (Lipinski definition) is 3. The second kappa shape index (κ2) is 8.56. The van der Waals surface area contributed by atoms with Gasteiger partial charge in [-0.2, -0.15) is 0 Å². The molecule has 1 aliphatic carbocycles. The molecule has 0 heterocycles. The maximum Gasteiger partial charge on any atom is 0.333 e. The van der Waals surface area contributed by atoms with E-state index in [4.69, 9.17) is 9.16 Å². The first-order valence-electron chi connectivity index (χ1n) is 10.5. The molecule has 0 saturated heterocycles. The fourth-order valence-electron chi connectivity index (χ4n) is 3.68. The number of methoxy groups -OCH3 is 1. The van der Waals surface area contributed by atoms with Crippen LogP contribution in [0.5, 0.6) is 0 Å². The van der Waals surface area contributed by atoms with E-state index < -0.39 is 14.3 Å². The zero-order chi connectivity index (χ0) is 23.0. The van der Waals surface area contributed by atoms with E-state index in [1.54, 1.807) is 12.1 Å². The molecule has 1 aliphatic rings. The third kappa shape index (κ3) is 4.58. The standard InChI is InChI=1S/C26H31FO3Si/c1-17(25(28)29-5)23-22(16-18-12-14-19(27)15-13-18)20-10-8-9-11-21(20)24(23)30-31(6,7)26(2,3)4/h8-16,23-24H,1H2,2-7H3/b22-16-/t23-,24+/m1/s1. The van der Waals surface area contributed by atoms with Crippen LogP contribution < -0.4 is 0 Å². The van der Waals surface area contributed by atoms with Gasteiger partial charge in [0.1, 0.15) is 5.82 Å². The summed E-state index contributed by atoms with van der Waals surface area (Å²) in [6, 6.07) is 14.4. The van der Waals surface area contributed by atoms with Gasteiger partial charge < -0.3 is 9.16 Å². The molecule has 0 unspecified atom stereocenters. The number of rotatable bonds is 5. The topological polar surface area (TPSA) is 35.5 Å². The quantitative estimate of drug-likeness (QED) is 0.293. The Kier molecular flexibility index (Phi) is 6.39. The summed E-state index contributed by atoms with van der Waals surface area (Å²) in [5.74, 6) is -1.13. The van der Waals surface area contributed by atoms with E-state index in [0.29, 0.717) is 5.57 Å². The Balaban J connectivity index is 2.18. The molecule has 164 valence electrons. The number of carbonyl (C=O) groups excluding carboxylic acids is 1. The summed E-state index contributed by atoms with van der Waals surface area (Å²) in [6.45, 7) is 15.1. The normalized spacial score (nSPS) is 19.9. The first-order valence-corrected chi connectivity index (χ1v) is 13.4. The van der Waals surface area contributed by atoms with Crippen LogP contribution in [0.25, 0.3) is 11.6 Å². The maximum atomic E-state index is 13.4. The number of esters is 1. The molecule has 2 aromatic rings. The van der Waals surface area contributed by atoms with Crippen LogP contribution in [0.1, 0.15) is 43.6 Å². The molecular weight excluding hydrogens is 407 g/mol. The van der Waals surface area contributed by atoms with Crippen molar-refractivity contribution >= 4 is 25.9 Å². The van der Waals surface area contributed by atoms with Crippen LogP contribution in [0.3, 0.4) is 0 Å². The Morgan fingerprint density at radius 2 is 1.71 bits per heavy atom. The molecule has 2 aromatic carbocycles. The van der Waals surface area contributed by atoms with Gasteiger partial charge in [0.2, 0.25) is 0 Å². The summed E-state index contributed by atoms with van der Waals surface area (Å²) in [5, 5.41) is 0.00250. The number of benzene rings is 2. The lowest BCUT2D eigenvalue weighted by molar-refractivity contribution is -0.136. The largest absolute Gasteiger partial charge is 0.466 e. The van der Waals surface area contributed by atoms with E-state index in [1.807, 2.05) is 24.3 Å². The lowest BCUT2D eigenvalue weighted by Gasteiger charge is -2.40. The highest BCUT2D eigenvalue weighted by atomic mass is 28.4. The first-order chi connectivity index (χ1) is 14.5. The number of hydrogen-bond donors (Lipinski definition) is 0. The first kappa shape index (κ1) is 23.2. The third-order valence-corrected chi connectivity index (χ3v) is 10.9. The Labute approximate surface area is 185 Å². The van der Waals surface area contributed by atoms with Gasteiger partial charge in [-0.1, -0.05) is 69.8 Å². The minimum absolute atomic E-state index is 0.00250. The van der Waals surface area contributed by atoms with Crippen molar-refractivity contribution in [2.75, 3.05) is 7.11 Å². The lowest BCUT2D eigenvalue weighted by Crippen LogP contribution is -2.42. The molecule has 0 spiro atoms. The van der Waals surface area contributed by atoms with E-state index in [2.05, 4.69) is 46.5 Å². The number of halogens is 1. The van der Waals surface area contributed by atoms with Gasteiger partial charge in [-0.05, 0) is 52.5 Å². The average Bonchev–Trinajstić information content (AvgIpc) is 3.00. The van der Waals surface area contributed by atoms with Crippen molar-refractivity contribution in [2.24, 2.45) is 5.92 Å². The third-order valence-electron chi connectivity index (χ3n) is 6.46. The van der Waals surface area contributed by atoms with Gasteiger partial charge in [0, 0.05) is 11.5 Å². The highest BCUT2D eigenvalue weighted by molar-refractivity contribution is 6.74. The summed E-state index contributed by atoms with van der Waals surface area (Å²) in [6.07, 6.45) is 1.65. The summed E-state index contributed by atoms with van der Waals surface area (Å²) in [5.41, 5.74) is 4.19. The van der Waals surface area contributed by atoms with Crippen LogP contribution in [0.4, 0.5) is 4.39 Å². The van der Waals surface area contributed by atoms with Gasteiger partial charge in [0.05, 0.1) is 13.2 Å². The molecule has 5 heteroatoms. The van der Waals surface area contributed by atoms with Crippen LogP contribution in [-0.2, 0) is 14.0 Å². The molecule has 0 saturated carbocycles. The highest BCUT2D eigenvalue weighted by Crippen LogP contribution is 2.53. The number of carbonyl (C=O) groups is 1. The molecule has 3 nitrogen and oxygen atoms in total. The van der Waals surface area contributed by atoms with Crippen LogP contribution in [0.15, 0.2) is 60.7 Å². The van der Waals surface area contributed by atoms with Gasteiger partial charge in [0.25, 0.3) is 0 Å². The van der Waals surface area contributed by atoms with E-state index in [0.717, 1.165) is 22.3 Å². The summed E-state index contributed by atoms with van der Waals surface area (Å²) in [7, 11) is -0.806. The van der Waals surface area contributed by atoms with Gasteiger partial charge in [-0.25, -0.2) is 9.18 Å². The maximum absolute atomic E-state index is 13.4. The summed E-state index contributed by atoms with van der Waals surface area (Å²) < 4.78 is 25.3. The Morgan fingerprint density at radius 3 is 2.29 bits per heavy atom. The molecule has 31 heavy (non-hydrogen) atoms. The minimum atomic E-state index is -2.17. The Hall–Kier alpha value is -2.50. The second-order valence-electron chi connectivity index (χ2n) is 9.53. The van der Waals surface area contributed by atoms with E-state index in [-0.39, 0.29) is 22.9 Å². The lowest BCUT2D eigenvalue weighted by atomic mass is 9.89. The van der Waals surface area contributed by atoms with Gasteiger partial charge in [-0.3, -0.25) is 0 Å². The van der Waals surface area contributed by atoms with E-state index in [1.165, 1.54) is 19.2 Å². The monoisotopic (exact) mass is 438 g/mol. The molecule has 0 radical (unpaired) electrons. The van der Waals surface area contributed by atoms with Crippen LogP contribution in [0, 0.1) is 11.7 Å². The Bertz CT molecular complexity index is 1020. The number of ether oxygens (including phenoxy) is 1. The zero-order valence-corrected chi connectivity index (χ0v) is 20.2. The van der Waals surface area contributed by atoms with Gasteiger partial charge in [0.15, 0.2) is 8.32 Å². The van der Waals surface area contributed by atoms with Gasteiger partial charge >= 0.3 is 5.97 Å². The van der Waals surface area contributed by atoms with Gasteiger partial charge in [-0.15, -0.1) is 0 Å². The highest BCUT2D eigenvalue weighted by Gasteiger charge is 2.47. The van der Waals surface area contributed by atoms with Crippen molar-refractivity contribution in [3.05, 3.63) is 83.2 Å². The summed E-state index contributed by atoms with van der Waals surface area (Å²) in [4.78, 5) is 12.6. The second-order valence-corrected chi connectivity index (χ2v) is 14.3. The predicted molar refractivity (Wildman–Crippen MR) is 126 cm³/mol. The average molecular weight is 439 g/mol. The molecular formula is C26H31FO3Si. The summed E-state index contributed by atoms with van der Waals surface area (Å²) >= 11 is 0. The van der Waals surface area contributed by atoms with Crippen molar-refractivity contribution in [1.29, 1.82) is 0 Å². The fraction of sp³-hybridized carbons (Fsp3) is 0.346. The SMILES string of the molecule is C=C(C(=O)OC)[C@@H]1/C(=C\c2ccc(F)cc2)c2ccccc2[C@@H]1O[Si](C)(C)C(C)(C)C. The molecule has 0 amide bonds. The van der Waals surface area contributed by atoms with E-state index >= 15 is 0 Å². The van der Waals surface area contributed by atoms with Crippen molar-refractivity contribution in [3.8, 4) is 0 Å². The van der Waals surface area contributed by atoms with Crippen molar-refractivity contribution in [1.82, 2.24) is 0 Å². The molecule has 0 bridgehead atoms. The smallest absolute Gasteiger partial charge is 0.333 e. The van der Waals surface area contributed by atoms with Crippen LogP contribution in [-0.4, -0.2) is 21.4 Å². The molecule has 3 rings (SSSR count). The Morgan fingerprint density at radius 1 is 1.10 bits per heavy atom. The van der Waals surface area contributed by atoms with Crippen LogP contribution in [0.2, 0.25) is 18.1 Å². The van der Waals surface area contributed by atoms with Crippen molar-refractivity contribution < 1.29 is 18.3 Å². The molecule has 0 aliphatic heterocycles. The fourth-order valence-corrected chi connectivity index (χ4v) is 4.93. The van der Waals surface area contributed by atoms with Crippen LogP contribution >= 0.6 is 0 Å². The molecule has 0 N–H and O–H groups in total. The van der Waals surface area contributed by atoms with E-state index in [9.17, 15) is 9.18 Å². The zero-order valence-electron chi connectivity index (χ0n) is 19.2. The number of fused-ring (bicyclic) bond motifs is 1. The molecule has 0 aromatic heterocycles. The molecule has 2 atom stereocenters. The van der Waals surface area contributed by atoms with Crippen molar-refractivity contribution in [2.45, 2.75) is 45.0 Å². The predicted octanol–water partition coefficient (Wildman–Crippen LogP) is 6.79. The van der Waals surface area contributed by atoms with Crippen molar-refractivity contribution in [3.63, 3.8) is 0 Å². The minimum Gasteiger partial charge on any atom is -0.466 e.